The van der Waals surface area contributed by atoms with E-state index in [4.69, 9.17) is 16.3 Å². The summed E-state index contributed by atoms with van der Waals surface area (Å²) in [6.45, 7) is 1.46. The molecule has 1 aromatic heterocycles. The van der Waals surface area contributed by atoms with E-state index in [0.29, 0.717) is 11.3 Å². The van der Waals surface area contributed by atoms with Crippen LogP contribution in [0.5, 0.6) is 0 Å². The van der Waals surface area contributed by atoms with Crippen LogP contribution in [0, 0.1) is 0 Å². The molecule has 1 heterocycles. The zero-order chi connectivity index (χ0) is 20.8. The molecule has 1 N–H and O–H groups in total. The summed E-state index contributed by atoms with van der Waals surface area (Å²) in [5.41, 5.74) is 3.49. The topological polar surface area (TPSA) is 85.4 Å². The molecule has 1 aromatic carbocycles. The Labute approximate surface area is 174 Å². The molecule has 0 unspecified atom stereocenters. The van der Waals surface area contributed by atoms with Crippen LogP contribution in [0.25, 0.3) is 0 Å². The average Bonchev–Trinajstić information content (AvgIpc) is 2.73. The van der Waals surface area contributed by atoms with Crippen LogP contribution >= 0.6 is 11.6 Å². The minimum absolute atomic E-state index is 0.0421. The molecule has 3 rings (SSSR count). The van der Waals surface area contributed by atoms with Crippen molar-refractivity contribution in [1.29, 1.82) is 0 Å². The van der Waals surface area contributed by atoms with Crippen LogP contribution in [-0.4, -0.2) is 28.7 Å². The first kappa shape index (κ1) is 21.0. The van der Waals surface area contributed by atoms with E-state index >= 15 is 0 Å². The number of Topliss-reactive ketones (excluding diaryl/α,β-unsaturated/α-hetero) is 1. The fourth-order valence-electron chi connectivity index (χ4n) is 3.29. The maximum Gasteiger partial charge on any atom is 0.307 e. The fraction of sp³-hybridized carbons (Fsp3) is 0.364. The number of fused-ring (bicyclic) bond motifs is 1. The van der Waals surface area contributed by atoms with Crippen molar-refractivity contribution in [2.45, 2.75) is 51.6 Å². The highest BCUT2D eigenvalue weighted by molar-refractivity contribution is 6.32. The van der Waals surface area contributed by atoms with Gasteiger partial charge >= 0.3 is 5.97 Å². The highest BCUT2D eigenvalue weighted by Gasteiger charge is 2.20. The van der Waals surface area contributed by atoms with E-state index < -0.39 is 18.0 Å². The van der Waals surface area contributed by atoms with E-state index in [-0.39, 0.29) is 23.8 Å². The molecule has 1 aliphatic rings. The second-order valence-electron chi connectivity index (χ2n) is 7.08. The molecule has 1 aliphatic carbocycles. The van der Waals surface area contributed by atoms with Crippen LogP contribution in [0.4, 0.5) is 5.69 Å². The first-order chi connectivity index (χ1) is 13.9. The number of benzene rings is 1. The van der Waals surface area contributed by atoms with E-state index in [2.05, 4.69) is 10.3 Å². The number of nitrogens with one attached hydrogen (secondary N) is 1. The Kier molecular flexibility index (Phi) is 6.99. The number of aromatic nitrogens is 1. The number of halogens is 1. The predicted octanol–water partition coefficient (Wildman–Crippen LogP) is 4.15. The number of esters is 1. The summed E-state index contributed by atoms with van der Waals surface area (Å²) in [5, 5.41) is 2.71. The van der Waals surface area contributed by atoms with Crippen LogP contribution in [-0.2, 0) is 27.2 Å². The monoisotopic (exact) mass is 414 g/mol. The molecule has 152 valence electrons. The SMILES string of the molecule is C[C@@H](OC(=O)CCC(=O)c1ccc2c(c1)CCCC2)C(=O)Nc1cccnc1Cl. The number of pyridine rings is 1. The van der Waals surface area contributed by atoms with Crippen molar-refractivity contribution in [2.24, 2.45) is 0 Å². The van der Waals surface area contributed by atoms with Crippen LogP contribution in [0.3, 0.4) is 0 Å². The minimum atomic E-state index is -1.02. The van der Waals surface area contributed by atoms with Gasteiger partial charge in [0.2, 0.25) is 0 Å². The summed E-state index contributed by atoms with van der Waals surface area (Å²) in [7, 11) is 0. The van der Waals surface area contributed by atoms with Gasteiger partial charge in [0.05, 0.1) is 12.1 Å². The minimum Gasteiger partial charge on any atom is -0.453 e. The van der Waals surface area contributed by atoms with Crippen LogP contribution < -0.4 is 5.32 Å². The second-order valence-corrected chi connectivity index (χ2v) is 7.43. The lowest BCUT2D eigenvalue weighted by atomic mass is 9.89. The van der Waals surface area contributed by atoms with Crippen LogP contribution in [0.15, 0.2) is 36.5 Å². The van der Waals surface area contributed by atoms with E-state index in [1.807, 2.05) is 18.2 Å². The van der Waals surface area contributed by atoms with Gasteiger partial charge in [0, 0.05) is 18.2 Å². The van der Waals surface area contributed by atoms with Crippen LogP contribution in [0.1, 0.15) is 54.1 Å². The van der Waals surface area contributed by atoms with E-state index in [0.717, 1.165) is 19.3 Å². The Balaban J connectivity index is 1.48. The summed E-state index contributed by atoms with van der Waals surface area (Å²) in [4.78, 5) is 40.5. The molecule has 0 saturated carbocycles. The van der Waals surface area contributed by atoms with Gasteiger partial charge in [0.25, 0.3) is 5.91 Å². The van der Waals surface area contributed by atoms with Gasteiger partial charge in [-0.1, -0.05) is 23.7 Å². The molecule has 0 fully saturated rings. The number of aryl methyl sites for hydroxylation is 2. The Hall–Kier alpha value is -2.73. The number of ether oxygens (including phenoxy) is 1. The number of carbonyl (C=O) groups excluding carboxylic acids is 3. The molecular formula is C22H23ClN2O4. The Morgan fingerprint density at radius 2 is 1.90 bits per heavy atom. The quantitative estimate of drug-likeness (QED) is 0.418. The molecule has 7 heteroatoms. The lowest BCUT2D eigenvalue weighted by Crippen LogP contribution is -2.30. The van der Waals surface area contributed by atoms with Crippen molar-refractivity contribution in [3.63, 3.8) is 0 Å². The molecule has 0 bridgehead atoms. The van der Waals surface area contributed by atoms with Gasteiger partial charge in [-0.2, -0.15) is 0 Å². The third-order valence-electron chi connectivity index (χ3n) is 4.92. The summed E-state index contributed by atoms with van der Waals surface area (Å²) in [5.74, 6) is -1.22. The van der Waals surface area contributed by atoms with Crippen molar-refractivity contribution in [1.82, 2.24) is 4.98 Å². The summed E-state index contributed by atoms with van der Waals surface area (Å²) < 4.78 is 5.13. The second kappa shape index (κ2) is 9.65. The number of carbonyl (C=O) groups is 3. The Morgan fingerprint density at radius 3 is 2.66 bits per heavy atom. The van der Waals surface area contributed by atoms with Crippen LogP contribution in [0.2, 0.25) is 5.15 Å². The first-order valence-electron chi connectivity index (χ1n) is 9.70. The van der Waals surface area contributed by atoms with Gasteiger partial charge in [-0.25, -0.2) is 4.98 Å². The van der Waals surface area contributed by atoms with Crippen molar-refractivity contribution in [2.75, 3.05) is 5.32 Å². The molecule has 1 amide bonds. The summed E-state index contributed by atoms with van der Waals surface area (Å²) >= 11 is 5.89. The molecule has 29 heavy (non-hydrogen) atoms. The average molecular weight is 415 g/mol. The Morgan fingerprint density at radius 1 is 1.14 bits per heavy atom. The van der Waals surface area contributed by atoms with E-state index in [1.165, 1.54) is 30.7 Å². The maximum absolute atomic E-state index is 12.4. The van der Waals surface area contributed by atoms with E-state index in [1.54, 1.807) is 12.1 Å². The predicted molar refractivity (Wildman–Crippen MR) is 110 cm³/mol. The third-order valence-corrected chi connectivity index (χ3v) is 5.22. The first-order valence-corrected chi connectivity index (χ1v) is 10.1. The summed E-state index contributed by atoms with van der Waals surface area (Å²) in [6.07, 6.45) is 4.82. The van der Waals surface area contributed by atoms with Gasteiger partial charge in [-0.3, -0.25) is 14.4 Å². The molecule has 2 aromatic rings. The molecule has 0 radical (unpaired) electrons. The third kappa shape index (κ3) is 5.64. The Bertz CT molecular complexity index is 929. The molecule has 0 aliphatic heterocycles. The number of amides is 1. The number of rotatable bonds is 7. The molecule has 6 nitrogen and oxygen atoms in total. The zero-order valence-corrected chi connectivity index (χ0v) is 17.0. The molecule has 1 atom stereocenters. The van der Waals surface area contributed by atoms with Crippen molar-refractivity contribution in [3.05, 3.63) is 58.4 Å². The fourth-order valence-corrected chi connectivity index (χ4v) is 3.46. The normalized spacial score (nSPS) is 13.9. The molecule has 0 spiro atoms. The largest absolute Gasteiger partial charge is 0.453 e. The molecule has 0 saturated heterocycles. The number of hydrogen-bond donors (Lipinski definition) is 1. The van der Waals surface area contributed by atoms with Gasteiger partial charge in [-0.15, -0.1) is 0 Å². The highest BCUT2D eigenvalue weighted by atomic mass is 35.5. The van der Waals surface area contributed by atoms with Crippen molar-refractivity contribution in [3.8, 4) is 0 Å². The standard InChI is InChI=1S/C22H23ClN2O4/c1-14(22(28)25-18-7-4-12-24-21(18)23)29-20(27)11-10-19(26)17-9-8-15-5-2-3-6-16(15)13-17/h4,7-9,12-14H,2-3,5-6,10-11H2,1H3,(H,25,28)/t14-/m1/s1. The van der Waals surface area contributed by atoms with Crippen molar-refractivity contribution < 1.29 is 19.1 Å². The lowest BCUT2D eigenvalue weighted by molar-refractivity contribution is -0.153. The number of nitrogens with zero attached hydrogens (tertiary/aromatic N) is 1. The number of ketones is 1. The zero-order valence-electron chi connectivity index (χ0n) is 16.2. The molecular weight excluding hydrogens is 392 g/mol. The lowest BCUT2D eigenvalue weighted by Gasteiger charge is -2.16. The maximum atomic E-state index is 12.4. The highest BCUT2D eigenvalue weighted by Crippen LogP contribution is 2.23. The summed E-state index contributed by atoms with van der Waals surface area (Å²) in [6, 6.07) is 9.00. The van der Waals surface area contributed by atoms with E-state index in [9.17, 15) is 14.4 Å². The van der Waals surface area contributed by atoms with Gasteiger partial charge < -0.3 is 10.1 Å². The number of hydrogen-bond acceptors (Lipinski definition) is 5. The smallest absolute Gasteiger partial charge is 0.307 e. The van der Waals surface area contributed by atoms with Gasteiger partial charge in [-0.05, 0) is 61.9 Å². The van der Waals surface area contributed by atoms with Crippen molar-refractivity contribution >= 4 is 34.9 Å². The number of anilines is 1. The van der Waals surface area contributed by atoms with Gasteiger partial charge in [0.15, 0.2) is 17.0 Å². The van der Waals surface area contributed by atoms with Gasteiger partial charge in [0.1, 0.15) is 0 Å².